The van der Waals surface area contributed by atoms with Gasteiger partial charge in [0.25, 0.3) is 0 Å². The van der Waals surface area contributed by atoms with E-state index in [0.717, 1.165) is 0 Å². The molecule has 2 rings (SSSR count). The average Bonchev–Trinajstić information content (AvgIpc) is 2.38. The van der Waals surface area contributed by atoms with Crippen LogP contribution in [0.1, 0.15) is 10.4 Å². The Hall–Kier alpha value is -2.43. The molecule has 0 spiro atoms. The lowest BCUT2D eigenvalue weighted by Gasteiger charge is -2.08. The second-order valence-corrected chi connectivity index (χ2v) is 3.26. The van der Waals surface area contributed by atoms with Gasteiger partial charge in [-0.05, 0) is 12.1 Å². The zero-order valence-electron chi connectivity index (χ0n) is 9.12. The van der Waals surface area contributed by atoms with Crippen molar-refractivity contribution in [1.29, 1.82) is 0 Å². The van der Waals surface area contributed by atoms with E-state index in [1.165, 1.54) is 7.11 Å². The van der Waals surface area contributed by atoms with Gasteiger partial charge < -0.3 is 9.84 Å². The minimum Gasteiger partial charge on any atom is -0.496 e. The lowest BCUT2D eigenvalue weighted by molar-refractivity contribution is 0.0694. The molecular formula is C12H10N2O3. The van der Waals surface area contributed by atoms with Gasteiger partial charge in [0.15, 0.2) is 5.82 Å². The van der Waals surface area contributed by atoms with Gasteiger partial charge in [-0.25, -0.2) is 14.8 Å². The van der Waals surface area contributed by atoms with E-state index in [1.807, 2.05) is 0 Å². The number of hydrogen-bond donors (Lipinski definition) is 1. The molecule has 0 bridgehead atoms. The Morgan fingerprint density at radius 2 is 1.94 bits per heavy atom. The van der Waals surface area contributed by atoms with Crippen molar-refractivity contribution in [1.82, 2.24) is 9.97 Å². The molecule has 1 N–H and O–H groups in total. The number of nitrogens with zero attached hydrogens (tertiary/aromatic N) is 2. The first-order valence-electron chi connectivity index (χ1n) is 4.91. The van der Waals surface area contributed by atoms with Crippen molar-refractivity contribution in [3.05, 3.63) is 42.2 Å². The number of aromatic nitrogens is 2. The topological polar surface area (TPSA) is 72.3 Å². The van der Waals surface area contributed by atoms with Crippen molar-refractivity contribution >= 4 is 5.97 Å². The highest BCUT2D eigenvalue weighted by Gasteiger charge is 2.18. The summed E-state index contributed by atoms with van der Waals surface area (Å²) < 4.78 is 5.03. The molecule has 0 saturated carbocycles. The molecule has 5 heteroatoms. The van der Waals surface area contributed by atoms with Crippen LogP contribution in [0.25, 0.3) is 11.4 Å². The highest BCUT2D eigenvalue weighted by atomic mass is 16.5. The summed E-state index contributed by atoms with van der Waals surface area (Å²) in [6, 6.07) is 6.62. The van der Waals surface area contributed by atoms with Crippen LogP contribution in [-0.2, 0) is 0 Å². The predicted octanol–water partition coefficient (Wildman–Crippen LogP) is 1.85. The number of rotatable bonds is 3. The predicted molar refractivity (Wildman–Crippen MR) is 61.0 cm³/mol. The smallest absolute Gasteiger partial charge is 0.340 e. The van der Waals surface area contributed by atoms with Crippen molar-refractivity contribution < 1.29 is 14.6 Å². The third-order valence-corrected chi connectivity index (χ3v) is 2.27. The van der Waals surface area contributed by atoms with Crippen LogP contribution in [0.2, 0.25) is 0 Å². The Bertz CT molecular complexity index is 541. The van der Waals surface area contributed by atoms with E-state index in [0.29, 0.717) is 17.1 Å². The third kappa shape index (κ3) is 2.08. The first kappa shape index (κ1) is 11.1. The number of carbonyl (C=O) groups is 1. The summed E-state index contributed by atoms with van der Waals surface area (Å²) >= 11 is 0. The maximum atomic E-state index is 11.2. The van der Waals surface area contributed by atoms with Crippen molar-refractivity contribution in [3.63, 3.8) is 0 Å². The lowest BCUT2D eigenvalue weighted by atomic mass is 10.1. The molecule has 0 aliphatic carbocycles. The number of methoxy groups -OCH3 is 1. The van der Waals surface area contributed by atoms with E-state index < -0.39 is 5.97 Å². The van der Waals surface area contributed by atoms with E-state index in [2.05, 4.69) is 9.97 Å². The summed E-state index contributed by atoms with van der Waals surface area (Å²) in [4.78, 5) is 19.3. The SMILES string of the molecule is COc1cccc(-c2ncccn2)c1C(=O)O. The molecule has 1 heterocycles. The van der Waals surface area contributed by atoms with Crippen molar-refractivity contribution in [3.8, 4) is 17.1 Å². The van der Waals surface area contributed by atoms with Gasteiger partial charge >= 0.3 is 5.97 Å². The second kappa shape index (κ2) is 4.61. The summed E-state index contributed by atoms with van der Waals surface area (Å²) in [5.41, 5.74) is 0.513. The number of aromatic carboxylic acids is 1. The van der Waals surface area contributed by atoms with Gasteiger partial charge in [0, 0.05) is 18.0 Å². The minimum atomic E-state index is -1.06. The van der Waals surface area contributed by atoms with Crippen LogP contribution >= 0.6 is 0 Å². The fourth-order valence-electron chi connectivity index (χ4n) is 1.55. The number of hydrogen-bond acceptors (Lipinski definition) is 4. The first-order valence-corrected chi connectivity index (χ1v) is 4.91. The fraction of sp³-hybridized carbons (Fsp3) is 0.0833. The van der Waals surface area contributed by atoms with Gasteiger partial charge in [0.05, 0.1) is 7.11 Å². The number of ether oxygens (including phenoxy) is 1. The van der Waals surface area contributed by atoms with Gasteiger partial charge in [-0.3, -0.25) is 0 Å². The van der Waals surface area contributed by atoms with Crippen LogP contribution in [-0.4, -0.2) is 28.2 Å². The van der Waals surface area contributed by atoms with Gasteiger partial charge in [0.2, 0.25) is 0 Å². The molecule has 0 radical (unpaired) electrons. The summed E-state index contributed by atoms with van der Waals surface area (Å²) in [5.74, 6) is -0.406. The summed E-state index contributed by atoms with van der Waals surface area (Å²) in [5, 5.41) is 9.20. The van der Waals surface area contributed by atoms with Gasteiger partial charge in [-0.2, -0.15) is 0 Å². The molecule has 0 amide bonds. The molecule has 0 unspecified atom stereocenters. The number of carboxylic acid groups (broad SMARTS) is 1. The van der Waals surface area contributed by atoms with Crippen LogP contribution < -0.4 is 4.74 Å². The monoisotopic (exact) mass is 230 g/mol. The first-order chi connectivity index (χ1) is 8.24. The standard InChI is InChI=1S/C12H10N2O3/c1-17-9-5-2-4-8(10(9)12(15)16)11-13-6-3-7-14-11/h2-7H,1H3,(H,15,16). The fourth-order valence-corrected chi connectivity index (χ4v) is 1.55. The molecule has 1 aromatic carbocycles. The molecular weight excluding hydrogens is 220 g/mol. The van der Waals surface area contributed by atoms with Crippen LogP contribution in [0.15, 0.2) is 36.7 Å². The molecule has 0 aliphatic heterocycles. The number of carboxylic acids is 1. The molecule has 1 aromatic heterocycles. The summed E-state index contributed by atoms with van der Waals surface area (Å²) in [6.07, 6.45) is 3.13. The van der Waals surface area contributed by atoms with E-state index in [4.69, 9.17) is 4.74 Å². The van der Waals surface area contributed by atoms with Crippen molar-refractivity contribution in [2.75, 3.05) is 7.11 Å². The molecule has 0 atom stereocenters. The summed E-state index contributed by atoms with van der Waals surface area (Å²) in [7, 11) is 1.43. The Morgan fingerprint density at radius 1 is 1.24 bits per heavy atom. The van der Waals surface area contributed by atoms with Crippen LogP contribution in [0.4, 0.5) is 0 Å². The molecule has 0 aliphatic rings. The van der Waals surface area contributed by atoms with E-state index in [-0.39, 0.29) is 5.56 Å². The Morgan fingerprint density at radius 3 is 2.53 bits per heavy atom. The van der Waals surface area contributed by atoms with Crippen LogP contribution in [0, 0.1) is 0 Å². The van der Waals surface area contributed by atoms with Crippen LogP contribution in [0.5, 0.6) is 5.75 Å². The molecule has 0 fully saturated rings. The van der Waals surface area contributed by atoms with Gasteiger partial charge in [0.1, 0.15) is 11.3 Å². The quantitative estimate of drug-likeness (QED) is 0.871. The second-order valence-electron chi connectivity index (χ2n) is 3.26. The van der Waals surface area contributed by atoms with Gasteiger partial charge in [-0.15, -0.1) is 0 Å². The van der Waals surface area contributed by atoms with Gasteiger partial charge in [-0.1, -0.05) is 12.1 Å². The zero-order chi connectivity index (χ0) is 12.3. The normalized spacial score (nSPS) is 9.94. The third-order valence-electron chi connectivity index (χ3n) is 2.27. The van der Waals surface area contributed by atoms with Crippen LogP contribution in [0.3, 0.4) is 0 Å². The molecule has 0 saturated heterocycles. The largest absolute Gasteiger partial charge is 0.496 e. The van der Waals surface area contributed by atoms with E-state index in [1.54, 1.807) is 36.7 Å². The zero-order valence-corrected chi connectivity index (χ0v) is 9.12. The summed E-state index contributed by atoms with van der Waals surface area (Å²) in [6.45, 7) is 0. The molecule has 86 valence electrons. The average molecular weight is 230 g/mol. The van der Waals surface area contributed by atoms with Crippen molar-refractivity contribution in [2.45, 2.75) is 0 Å². The highest BCUT2D eigenvalue weighted by Crippen LogP contribution is 2.28. The Balaban J connectivity index is 2.66. The van der Waals surface area contributed by atoms with E-state index >= 15 is 0 Å². The molecule has 2 aromatic rings. The maximum Gasteiger partial charge on any atom is 0.340 e. The lowest BCUT2D eigenvalue weighted by Crippen LogP contribution is -2.04. The molecule has 5 nitrogen and oxygen atoms in total. The molecule has 17 heavy (non-hydrogen) atoms. The minimum absolute atomic E-state index is 0.0706. The number of benzene rings is 1. The van der Waals surface area contributed by atoms with E-state index in [9.17, 15) is 9.90 Å². The van der Waals surface area contributed by atoms with Crippen molar-refractivity contribution in [2.24, 2.45) is 0 Å². The Labute approximate surface area is 97.7 Å². The highest BCUT2D eigenvalue weighted by molar-refractivity contribution is 5.98. The maximum absolute atomic E-state index is 11.2. The Kier molecular flexibility index (Phi) is 3.00.